The number of alkyl halides is 1. The highest BCUT2D eigenvalue weighted by Gasteiger charge is 2.47. The summed E-state index contributed by atoms with van der Waals surface area (Å²) in [6.45, 7) is 8.60. The minimum Gasteiger partial charge on any atom is -0.298 e. The summed E-state index contributed by atoms with van der Waals surface area (Å²) in [5, 5.41) is 0. The van der Waals surface area contributed by atoms with E-state index < -0.39 is 0 Å². The van der Waals surface area contributed by atoms with E-state index in [9.17, 15) is 4.79 Å². The molecule has 13 heavy (non-hydrogen) atoms. The van der Waals surface area contributed by atoms with Crippen LogP contribution in [0.2, 0.25) is 0 Å². The van der Waals surface area contributed by atoms with Crippen molar-refractivity contribution in [1.29, 1.82) is 0 Å². The van der Waals surface area contributed by atoms with Gasteiger partial charge in [0.15, 0.2) is 5.78 Å². The van der Waals surface area contributed by atoms with Crippen molar-refractivity contribution in [3.63, 3.8) is 0 Å². The number of hydrogen-bond acceptors (Lipinski definition) is 1. The predicted molar refractivity (Wildman–Crippen MR) is 59.1 cm³/mol. The van der Waals surface area contributed by atoms with Gasteiger partial charge in [-0.15, -0.1) is 0 Å². The molecule has 2 heteroatoms. The number of hydrogen-bond donors (Lipinski definition) is 0. The molecule has 2 unspecified atom stereocenters. The first-order valence-corrected chi connectivity index (χ1v) is 5.89. The number of carbonyl (C=O) groups is 1. The van der Waals surface area contributed by atoms with Gasteiger partial charge in [-0.3, -0.25) is 4.79 Å². The quantitative estimate of drug-likeness (QED) is 0.598. The molecule has 0 aromatic heterocycles. The Morgan fingerprint density at radius 1 is 1.46 bits per heavy atom. The summed E-state index contributed by atoms with van der Waals surface area (Å²) < 4.78 is 0. The van der Waals surface area contributed by atoms with Crippen LogP contribution < -0.4 is 0 Å². The van der Waals surface area contributed by atoms with Gasteiger partial charge in [-0.2, -0.15) is 0 Å². The zero-order valence-electron chi connectivity index (χ0n) is 8.98. The van der Waals surface area contributed by atoms with Crippen molar-refractivity contribution in [3.8, 4) is 0 Å². The number of carbonyl (C=O) groups excluding carboxylic acids is 1. The van der Waals surface area contributed by atoms with Crippen molar-refractivity contribution in [2.45, 2.75) is 51.8 Å². The lowest BCUT2D eigenvalue weighted by molar-refractivity contribution is -0.136. The molecule has 0 spiro atoms. The molecule has 0 radical (unpaired) electrons. The zero-order chi connectivity index (χ0) is 10.3. The van der Waals surface area contributed by atoms with Gasteiger partial charge in [0, 0.05) is 5.41 Å². The molecule has 1 saturated carbocycles. The predicted octanol–water partition coefficient (Wildman–Crippen LogP) is 3.56. The van der Waals surface area contributed by atoms with Crippen LogP contribution in [0.4, 0.5) is 0 Å². The molecule has 1 fully saturated rings. The Bertz CT molecular complexity index is 217. The van der Waals surface area contributed by atoms with Gasteiger partial charge >= 0.3 is 0 Å². The average Bonchev–Trinajstić information content (AvgIpc) is 1.98. The highest BCUT2D eigenvalue weighted by Crippen LogP contribution is 2.48. The van der Waals surface area contributed by atoms with Gasteiger partial charge in [0.25, 0.3) is 0 Å². The topological polar surface area (TPSA) is 17.1 Å². The Kier molecular flexibility index (Phi) is 2.92. The largest absolute Gasteiger partial charge is 0.298 e. The molecule has 2 atom stereocenters. The van der Waals surface area contributed by atoms with Gasteiger partial charge in [0.05, 0.1) is 4.83 Å². The third kappa shape index (κ3) is 1.83. The lowest BCUT2D eigenvalue weighted by atomic mass is 9.60. The monoisotopic (exact) mass is 246 g/mol. The summed E-state index contributed by atoms with van der Waals surface area (Å²) >= 11 is 3.47. The molecule has 1 aliphatic rings. The van der Waals surface area contributed by atoms with E-state index in [1.54, 1.807) is 0 Å². The smallest absolute Gasteiger partial charge is 0.152 e. The van der Waals surface area contributed by atoms with Crippen LogP contribution in [0.5, 0.6) is 0 Å². The molecule has 0 aromatic carbocycles. The Morgan fingerprint density at radius 3 is 2.38 bits per heavy atom. The molecule has 1 aliphatic carbocycles. The molecular formula is C11H19BrO. The maximum atomic E-state index is 12.0. The number of halogens is 1. The van der Waals surface area contributed by atoms with E-state index in [4.69, 9.17) is 0 Å². The molecule has 0 aromatic rings. The maximum absolute atomic E-state index is 12.0. The Balaban J connectivity index is 2.95. The summed E-state index contributed by atoms with van der Waals surface area (Å²) in [6.07, 6.45) is 3.21. The van der Waals surface area contributed by atoms with E-state index in [2.05, 4.69) is 43.6 Å². The van der Waals surface area contributed by atoms with E-state index in [0.29, 0.717) is 5.78 Å². The molecule has 0 heterocycles. The fraction of sp³-hybridized carbons (Fsp3) is 0.909. The lowest BCUT2D eigenvalue weighted by Gasteiger charge is -2.44. The molecule has 0 bridgehead atoms. The van der Waals surface area contributed by atoms with E-state index in [1.807, 2.05) is 0 Å². The minimum absolute atomic E-state index is 0.0799. The number of ketones is 1. The second-order valence-corrected chi connectivity index (χ2v) is 6.41. The summed E-state index contributed by atoms with van der Waals surface area (Å²) in [6, 6.07) is 0. The van der Waals surface area contributed by atoms with Crippen molar-refractivity contribution in [1.82, 2.24) is 0 Å². The molecule has 76 valence electrons. The molecule has 0 saturated heterocycles. The molecule has 1 rings (SSSR count). The summed E-state index contributed by atoms with van der Waals surface area (Å²) in [4.78, 5) is 12.1. The molecular weight excluding hydrogens is 228 g/mol. The van der Waals surface area contributed by atoms with Crippen molar-refractivity contribution >= 4 is 21.7 Å². The normalized spacial score (nSPS) is 36.4. The van der Waals surface area contributed by atoms with Crippen molar-refractivity contribution < 1.29 is 4.79 Å². The first-order valence-electron chi connectivity index (χ1n) is 4.97. The second kappa shape index (κ2) is 3.38. The number of rotatable bonds is 0. The fourth-order valence-electron chi connectivity index (χ4n) is 1.98. The van der Waals surface area contributed by atoms with Gasteiger partial charge in [-0.05, 0) is 18.3 Å². The van der Waals surface area contributed by atoms with E-state index in [0.717, 1.165) is 19.3 Å². The van der Waals surface area contributed by atoms with Crippen LogP contribution in [-0.4, -0.2) is 10.6 Å². The van der Waals surface area contributed by atoms with Crippen LogP contribution in [-0.2, 0) is 4.79 Å². The second-order valence-electron chi connectivity index (χ2n) is 5.31. The lowest BCUT2D eigenvalue weighted by Crippen LogP contribution is -2.46. The van der Waals surface area contributed by atoms with Crippen LogP contribution in [0.1, 0.15) is 47.0 Å². The van der Waals surface area contributed by atoms with Crippen molar-refractivity contribution in [3.05, 3.63) is 0 Å². The first-order chi connectivity index (χ1) is 5.79. The first kappa shape index (κ1) is 11.2. The Labute approximate surface area is 89.4 Å². The average molecular weight is 247 g/mol. The molecule has 0 N–H and O–H groups in total. The molecule has 1 nitrogen and oxygen atoms in total. The van der Waals surface area contributed by atoms with Gasteiger partial charge in [0.1, 0.15) is 0 Å². The van der Waals surface area contributed by atoms with Gasteiger partial charge in [-0.25, -0.2) is 0 Å². The van der Waals surface area contributed by atoms with Crippen LogP contribution in [0.3, 0.4) is 0 Å². The fourth-order valence-corrected chi connectivity index (χ4v) is 2.81. The Hall–Kier alpha value is 0.150. The van der Waals surface area contributed by atoms with Crippen LogP contribution in [0.15, 0.2) is 0 Å². The van der Waals surface area contributed by atoms with E-state index >= 15 is 0 Å². The van der Waals surface area contributed by atoms with Crippen LogP contribution in [0, 0.1) is 10.8 Å². The van der Waals surface area contributed by atoms with E-state index in [-0.39, 0.29) is 15.7 Å². The van der Waals surface area contributed by atoms with Gasteiger partial charge in [0.2, 0.25) is 0 Å². The summed E-state index contributed by atoms with van der Waals surface area (Å²) in [5.74, 6) is 0.395. The zero-order valence-corrected chi connectivity index (χ0v) is 10.6. The highest BCUT2D eigenvalue weighted by atomic mass is 79.9. The highest BCUT2D eigenvalue weighted by molar-refractivity contribution is 9.10. The standard InChI is InChI=1S/C11H19BrO/c1-10(2,3)11(4)7-5-6-8(12)9(11)13/h8H,5-7H2,1-4H3. The third-order valence-electron chi connectivity index (χ3n) is 3.62. The van der Waals surface area contributed by atoms with Crippen LogP contribution in [0.25, 0.3) is 0 Å². The molecule has 0 aliphatic heterocycles. The number of Topliss-reactive ketones (excluding diaryl/α,β-unsaturated/α-hetero) is 1. The Morgan fingerprint density at radius 2 is 2.00 bits per heavy atom. The van der Waals surface area contributed by atoms with Gasteiger partial charge < -0.3 is 0 Å². The molecule has 0 amide bonds. The summed E-state index contributed by atoms with van der Waals surface area (Å²) in [5.41, 5.74) is -0.0596. The van der Waals surface area contributed by atoms with Crippen LogP contribution >= 0.6 is 15.9 Å². The van der Waals surface area contributed by atoms with Gasteiger partial charge in [-0.1, -0.05) is 50.0 Å². The summed E-state index contributed by atoms with van der Waals surface area (Å²) in [7, 11) is 0. The van der Waals surface area contributed by atoms with Crippen molar-refractivity contribution in [2.24, 2.45) is 10.8 Å². The maximum Gasteiger partial charge on any atom is 0.152 e. The minimum atomic E-state index is -0.139. The third-order valence-corrected chi connectivity index (χ3v) is 4.49. The van der Waals surface area contributed by atoms with Crippen molar-refractivity contribution in [2.75, 3.05) is 0 Å². The van der Waals surface area contributed by atoms with E-state index in [1.165, 1.54) is 0 Å². The SMILES string of the molecule is CC(C)(C)C1(C)CCCC(Br)C1=O.